The first-order valence-corrected chi connectivity index (χ1v) is 6.92. The van der Waals surface area contributed by atoms with E-state index in [2.05, 4.69) is 4.98 Å². The highest BCUT2D eigenvalue weighted by atomic mass is 32.2. The molecule has 0 spiro atoms. The summed E-state index contributed by atoms with van der Waals surface area (Å²) in [5.41, 5.74) is 0.371. The Hall–Kier alpha value is -1.75. The number of thioether (sulfide) groups is 1. The topological polar surface area (TPSA) is 12.9 Å². The van der Waals surface area contributed by atoms with Crippen LogP contribution in [0.5, 0.6) is 0 Å². The molecule has 104 valence electrons. The van der Waals surface area contributed by atoms with Gasteiger partial charge in [-0.05, 0) is 17.7 Å². The summed E-state index contributed by atoms with van der Waals surface area (Å²) in [6.07, 6.45) is 0.461. The van der Waals surface area contributed by atoms with Crippen molar-refractivity contribution in [2.45, 2.75) is 11.2 Å². The lowest BCUT2D eigenvalue weighted by Crippen LogP contribution is -2.05. The van der Waals surface area contributed by atoms with E-state index in [0.29, 0.717) is 10.8 Å². The minimum Gasteiger partial charge on any atom is -0.249 e. The fraction of sp³-hybridized carbons (Fsp3) is 0.133. The molecule has 1 aromatic carbocycles. The monoisotopic (exact) mass is 295 g/mol. The maximum Gasteiger partial charge on any atom is 0.417 e. The van der Waals surface area contributed by atoms with Crippen LogP contribution in [0.1, 0.15) is 11.1 Å². The first-order chi connectivity index (χ1) is 9.55. The maximum absolute atomic E-state index is 12.4. The molecule has 0 radical (unpaired) electrons. The second-order valence-corrected chi connectivity index (χ2v) is 5.05. The number of rotatable bonds is 4. The summed E-state index contributed by atoms with van der Waals surface area (Å²) >= 11 is 1.39. The van der Waals surface area contributed by atoms with Crippen LogP contribution in [0.4, 0.5) is 13.2 Å². The van der Waals surface area contributed by atoms with Gasteiger partial charge in [0.25, 0.3) is 0 Å². The molecule has 0 aliphatic rings. The standard InChI is InChI=1S/C15H12F3NS/c16-15(17,18)13-8-9-14(19-11-13)20-10-4-7-12-5-2-1-3-6-12/h1-9,11H,10H2/b7-4+. The maximum atomic E-state index is 12.4. The van der Waals surface area contributed by atoms with E-state index in [4.69, 9.17) is 0 Å². The van der Waals surface area contributed by atoms with Crippen molar-refractivity contribution in [3.63, 3.8) is 0 Å². The number of benzene rings is 1. The van der Waals surface area contributed by atoms with Crippen molar-refractivity contribution >= 4 is 17.8 Å². The Morgan fingerprint density at radius 1 is 1.05 bits per heavy atom. The fourth-order valence-electron chi connectivity index (χ4n) is 1.52. The van der Waals surface area contributed by atoms with E-state index in [-0.39, 0.29) is 0 Å². The summed E-state index contributed by atoms with van der Waals surface area (Å²) in [5.74, 6) is 0.660. The van der Waals surface area contributed by atoms with Gasteiger partial charge >= 0.3 is 6.18 Å². The average Bonchev–Trinajstić information content (AvgIpc) is 2.44. The molecule has 0 unspecified atom stereocenters. The van der Waals surface area contributed by atoms with Crippen molar-refractivity contribution in [1.29, 1.82) is 0 Å². The van der Waals surface area contributed by atoms with Crippen LogP contribution in [0.2, 0.25) is 0 Å². The molecule has 20 heavy (non-hydrogen) atoms. The lowest BCUT2D eigenvalue weighted by Gasteiger charge is -2.05. The first kappa shape index (κ1) is 14.7. The van der Waals surface area contributed by atoms with Crippen LogP contribution < -0.4 is 0 Å². The highest BCUT2D eigenvalue weighted by molar-refractivity contribution is 7.99. The number of alkyl halides is 3. The summed E-state index contributed by atoms with van der Waals surface area (Å²) in [7, 11) is 0. The molecule has 0 saturated carbocycles. The van der Waals surface area contributed by atoms with Crippen LogP contribution in [-0.4, -0.2) is 10.7 Å². The molecule has 1 heterocycles. The van der Waals surface area contributed by atoms with E-state index in [1.165, 1.54) is 17.8 Å². The Balaban J connectivity index is 1.87. The van der Waals surface area contributed by atoms with Crippen molar-refractivity contribution < 1.29 is 13.2 Å². The van der Waals surface area contributed by atoms with E-state index in [9.17, 15) is 13.2 Å². The van der Waals surface area contributed by atoms with Gasteiger partial charge in [-0.2, -0.15) is 13.2 Å². The van der Waals surface area contributed by atoms with Gasteiger partial charge in [-0.25, -0.2) is 4.98 Å². The van der Waals surface area contributed by atoms with Crippen LogP contribution in [0.25, 0.3) is 6.08 Å². The Morgan fingerprint density at radius 2 is 1.80 bits per heavy atom. The molecule has 0 amide bonds. The van der Waals surface area contributed by atoms with E-state index < -0.39 is 11.7 Å². The van der Waals surface area contributed by atoms with Crippen molar-refractivity contribution in [3.8, 4) is 0 Å². The summed E-state index contributed by atoms with van der Waals surface area (Å²) in [4.78, 5) is 3.80. The molecule has 1 nitrogen and oxygen atoms in total. The molecule has 0 N–H and O–H groups in total. The SMILES string of the molecule is FC(F)(F)c1ccc(SC/C=C/c2ccccc2)nc1. The second-order valence-electron chi connectivity index (χ2n) is 4.01. The van der Waals surface area contributed by atoms with Gasteiger partial charge in [-0.1, -0.05) is 42.5 Å². The predicted octanol–water partition coefficient (Wildman–Crippen LogP) is 4.91. The third-order valence-electron chi connectivity index (χ3n) is 2.50. The van der Waals surface area contributed by atoms with Crippen LogP contribution in [0.15, 0.2) is 59.8 Å². The van der Waals surface area contributed by atoms with Crippen molar-refractivity contribution in [1.82, 2.24) is 4.98 Å². The lowest BCUT2D eigenvalue weighted by atomic mass is 10.2. The first-order valence-electron chi connectivity index (χ1n) is 5.93. The minimum atomic E-state index is -4.33. The predicted molar refractivity (Wildman–Crippen MR) is 75.4 cm³/mol. The highest BCUT2D eigenvalue weighted by Crippen LogP contribution is 2.29. The van der Waals surface area contributed by atoms with Crippen molar-refractivity contribution in [2.24, 2.45) is 0 Å². The Kier molecular flexibility index (Phi) is 4.84. The fourth-order valence-corrected chi connectivity index (χ4v) is 2.17. The molecule has 1 aromatic heterocycles. The van der Waals surface area contributed by atoms with E-state index in [1.807, 2.05) is 42.5 Å². The van der Waals surface area contributed by atoms with E-state index >= 15 is 0 Å². The van der Waals surface area contributed by atoms with Crippen molar-refractivity contribution in [3.05, 3.63) is 65.9 Å². The number of hydrogen-bond donors (Lipinski definition) is 0. The zero-order chi connectivity index (χ0) is 14.4. The number of pyridine rings is 1. The van der Waals surface area contributed by atoms with Gasteiger partial charge in [0.05, 0.1) is 10.6 Å². The van der Waals surface area contributed by atoms with Crippen LogP contribution in [-0.2, 0) is 6.18 Å². The summed E-state index contributed by atoms with van der Waals surface area (Å²) in [6, 6.07) is 12.3. The number of nitrogens with zero attached hydrogens (tertiary/aromatic N) is 1. The van der Waals surface area contributed by atoms with Crippen LogP contribution in [0, 0.1) is 0 Å². The summed E-state index contributed by atoms with van der Waals surface area (Å²) < 4.78 is 37.1. The van der Waals surface area contributed by atoms with Crippen molar-refractivity contribution in [2.75, 3.05) is 5.75 Å². The van der Waals surface area contributed by atoms with Gasteiger partial charge in [-0.15, -0.1) is 11.8 Å². The number of hydrogen-bond acceptors (Lipinski definition) is 2. The molecule has 2 rings (SSSR count). The van der Waals surface area contributed by atoms with Gasteiger partial charge in [0, 0.05) is 11.9 Å². The van der Waals surface area contributed by atoms with Gasteiger partial charge < -0.3 is 0 Å². The summed E-state index contributed by atoms with van der Waals surface area (Å²) in [6.45, 7) is 0. The van der Waals surface area contributed by atoms with Gasteiger partial charge in [0.1, 0.15) is 0 Å². The molecule has 0 aliphatic heterocycles. The van der Waals surface area contributed by atoms with E-state index in [1.54, 1.807) is 0 Å². The molecule has 0 saturated heterocycles. The van der Waals surface area contributed by atoms with Crippen LogP contribution in [0.3, 0.4) is 0 Å². The van der Waals surface area contributed by atoms with E-state index in [0.717, 1.165) is 17.8 Å². The third-order valence-corrected chi connectivity index (χ3v) is 3.40. The second kappa shape index (κ2) is 6.61. The lowest BCUT2D eigenvalue weighted by molar-refractivity contribution is -0.137. The Bertz CT molecular complexity index is 562. The molecule has 0 bridgehead atoms. The zero-order valence-corrected chi connectivity index (χ0v) is 11.3. The normalized spacial score (nSPS) is 11.9. The molecule has 5 heteroatoms. The van der Waals surface area contributed by atoms with Crippen LogP contribution >= 0.6 is 11.8 Å². The molecule has 0 fully saturated rings. The summed E-state index contributed by atoms with van der Waals surface area (Å²) in [5, 5.41) is 0.579. The Labute approximate surface area is 119 Å². The molecule has 2 aromatic rings. The van der Waals surface area contributed by atoms with Gasteiger partial charge in [-0.3, -0.25) is 0 Å². The molecular formula is C15H12F3NS. The van der Waals surface area contributed by atoms with Gasteiger partial charge in [0.2, 0.25) is 0 Å². The average molecular weight is 295 g/mol. The zero-order valence-electron chi connectivity index (χ0n) is 10.5. The molecule has 0 atom stereocenters. The number of aromatic nitrogens is 1. The minimum absolute atomic E-state index is 0.579. The quantitative estimate of drug-likeness (QED) is 0.744. The highest BCUT2D eigenvalue weighted by Gasteiger charge is 2.30. The third kappa shape index (κ3) is 4.42. The largest absolute Gasteiger partial charge is 0.417 e. The van der Waals surface area contributed by atoms with Gasteiger partial charge in [0.15, 0.2) is 0 Å². The molecular weight excluding hydrogens is 283 g/mol. The Morgan fingerprint density at radius 3 is 2.40 bits per heavy atom. The number of halogens is 3. The molecule has 0 aliphatic carbocycles. The smallest absolute Gasteiger partial charge is 0.249 e.